The second-order valence-electron chi connectivity index (χ2n) is 0.877. The maximum Gasteiger partial charge on any atom is 0.328 e. The monoisotopic (exact) mass is 118 g/mol. The molecule has 0 aliphatic carbocycles. The highest BCUT2D eigenvalue weighted by atomic mass is 32.2. The summed E-state index contributed by atoms with van der Waals surface area (Å²) in [6.45, 7) is 0. The van der Waals surface area contributed by atoms with E-state index in [-0.39, 0.29) is 0 Å². The highest BCUT2D eigenvalue weighted by molar-refractivity contribution is 8.01. The molecule has 0 aromatic rings. The summed E-state index contributed by atoms with van der Waals surface area (Å²) in [5.74, 6) is -0.894. The van der Waals surface area contributed by atoms with Crippen molar-refractivity contribution in [3.63, 3.8) is 0 Å². The number of thioether (sulfide) groups is 1. The zero-order chi connectivity index (χ0) is 5.70. The van der Waals surface area contributed by atoms with Crippen molar-refractivity contribution in [2.75, 3.05) is 6.26 Å². The van der Waals surface area contributed by atoms with E-state index in [0.717, 1.165) is 6.08 Å². The summed E-state index contributed by atoms with van der Waals surface area (Å²) in [6.07, 6.45) is 2.91. The Morgan fingerprint density at radius 1 is 1.86 bits per heavy atom. The molecule has 0 rings (SSSR count). The minimum atomic E-state index is -0.894. The Morgan fingerprint density at radius 2 is 2.43 bits per heavy atom. The fourth-order valence-electron chi connectivity index (χ4n) is 0.126. The van der Waals surface area contributed by atoms with Crippen LogP contribution >= 0.6 is 11.8 Å². The van der Waals surface area contributed by atoms with Gasteiger partial charge >= 0.3 is 5.97 Å². The average molecular weight is 118 g/mol. The van der Waals surface area contributed by atoms with Crippen LogP contribution < -0.4 is 0 Å². The van der Waals surface area contributed by atoms with Gasteiger partial charge in [-0.25, -0.2) is 4.79 Å². The van der Waals surface area contributed by atoms with Crippen molar-refractivity contribution >= 4 is 17.7 Å². The van der Waals surface area contributed by atoms with E-state index in [0.29, 0.717) is 0 Å². The van der Waals surface area contributed by atoms with Crippen LogP contribution in [0.3, 0.4) is 0 Å². The normalized spacial score (nSPS) is 9.86. The van der Waals surface area contributed by atoms with Gasteiger partial charge in [-0.15, -0.1) is 11.8 Å². The van der Waals surface area contributed by atoms with Gasteiger partial charge < -0.3 is 5.11 Å². The molecule has 0 fully saturated rings. The van der Waals surface area contributed by atoms with E-state index >= 15 is 0 Å². The molecule has 2 nitrogen and oxygen atoms in total. The molecule has 0 aliphatic rings. The van der Waals surface area contributed by atoms with Gasteiger partial charge in [0.25, 0.3) is 0 Å². The number of carboxylic acid groups (broad SMARTS) is 1. The topological polar surface area (TPSA) is 37.3 Å². The predicted molar refractivity (Wildman–Crippen MR) is 30.3 cm³/mol. The summed E-state index contributed by atoms with van der Waals surface area (Å²) in [5.41, 5.74) is 0. The van der Waals surface area contributed by atoms with E-state index in [2.05, 4.69) is 0 Å². The van der Waals surface area contributed by atoms with E-state index in [1.165, 1.54) is 17.2 Å². The Hall–Kier alpha value is -0.440. The SMILES string of the molecule is CS/C=C\C(=O)O. The van der Waals surface area contributed by atoms with Crippen LogP contribution in [0.1, 0.15) is 0 Å². The van der Waals surface area contributed by atoms with Gasteiger partial charge in [0.1, 0.15) is 0 Å². The first-order valence-corrected chi connectivity index (χ1v) is 2.98. The standard InChI is InChI=1S/C4H6O2S/c1-7-3-2-4(5)6/h2-3H,1H3,(H,5,6)/b3-2-. The van der Waals surface area contributed by atoms with Crippen molar-refractivity contribution in [2.45, 2.75) is 0 Å². The van der Waals surface area contributed by atoms with Crippen LogP contribution in [-0.2, 0) is 4.79 Å². The molecule has 0 saturated heterocycles. The molecule has 0 amide bonds. The molecule has 0 spiro atoms. The maximum atomic E-state index is 9.66. The van der Waals surface area contributed by atoms with Crippen LogP contribution in [0.2, 0.25) is 0 Å². The lowest BCUT2D eigenvalue weighted by molar-refractivity contribution is -0.131. The quantitative estimate of drug-likeness (QED) is 0.548. The zero-order valence-electron chi connectivity index (χ0n) is 3.92. The first-order valence-electron chi connectivity index (χ1n) is 1.69. The van der Waals surface area contributed by atoms with Crippen LogP contribution in [0.15, 0.2) is 11.5 Å². The van der Waals surface area contributed by atoms with Crippen molar-refractivity contribution in [3.8, 4) is 0 Å². The lowest BCUT2D eigenvalue weighted by Crippen LogP contribution is -1.83. The molecule has 3 heteroatoms. The Kier molecular flexibility index (Phi) is 3.50. The van der Waals surface area contributed by atoms with E-state index in [9.17, 15) is 4.79 Å². The molecule has 0 aliphatic heterocycles. The first kappa shape index (κ1) is 6.56. The van der Waals surface area contributed by atoms with Crippen molar-refractivity contribution in [1.29, 1.82) is 0 Å². The zero-order valence-corrected chi connectivity index (χ0v) is 4.73. The average Bonchev–Trinajstić information content (AvgIpc) is 1.61. The third-order valence-electron chi connectivity index (χ3n) is 0.347. The summed E-state index contributed by atoms with van der Waals surface area (Å²) in [7, 11) is 0. The van der Waals surface area contributed by atoms with Crippen molar-refractivity contribution in [2.24, 2.45) is 0 Å². The van der Waals surface area contributed by atoms with Gasteiger partial charge in [0.05, 0.1) is 0 Å². The van der Waals surface area contributed by atoms with Gasteiger partial charge in [0, 0.05) is 6.08 Å². The summed E-state index contributed by atoms with van der Waals surface area (Å²) in [6, 6.07) is 0. The van der Waals surface area contributed by atoms with Crippen LogP contribution in [-0.4, -0.2) is 17.3 Å². The Bertz CT molecular complexity index is 87.7. The number of hydrogen-bond donors (Lipinski definition) is 1. The largest absolute Gasteiger partial charge is 0.478 e. The summed E-state index contributed by atoms with van der Waals surface area (Å²) < 4.78 is 0. The molecule has 0 aromatic carbocycles. The minimum absolute atomic E-state index is 0.894. The molecule has 1 N–H and O–H groups in total. The summed E-state index contributed by atoms with van der Waals surface area (Å²) in [5, 5.41) is 9.46. The Labute approximate surface area is 46.2 Å². The lowest BCUT2D eigenvalue weighted by atomic mass is 10.7. The number of hydrogen-bond acceptors (Lipinski definition) is 2. The van der Waals surface area contributed by atoms with E-state index in [1.54, 1.807) is 6.26 Å². The van der Waals surface area contributed by atoms with E-state index in [4.69, 9.17) is 5.11 Å². The van der Waals surface area contributed by atoms with Gasteiger partial charge in [-0.2, -0.15) is 0 Å². The molecule has 0 unspecified atom stereocenters. The van der Waals surface area contributed by atoms with Crippen LogP contribution in [0, 0.1) is 0 Å². The van der Waals surface area contributed by atoms with Crippen molar-refractivity contribution in [3.05, 3.63) is 11.5 Å². The molecule has 0 bridgehead atoms. The molecular weight excluding hydrogens is 112 g/mol. The smallest absolute Gasteiger partial charge is 0.328 e. The lowest BCUT2D eigenvalue weighted by Gasteiger charge is -1.73. The first-order chi connectivity index (χ1) is 3.27. The Balaban J connectivity index is 3.26. The molecule has 7 heavy (non-hydrogen) atoms. The van der Waals surface area contributed by atoms with Crippen LogP contribution in [0.4, 0.5) is 0 Å². The third kappa shape index (κ3) is 5.56. The van der Waals surface area contributed by atoms with E-state index < -0.39 is 5.97 Å². The fraction of sp³-hybridized carbons (Fsp3) is 0.250. The second kappa shape index (κ2) is 3.74. The molecular formula is C4H6O2S. The third-order valence-corrected chi connectivity index (χ3v) is 0.755. The number of aliphatic carboxylic acids is 1. The molecule has 40 valence electrons. The molecule has 0 radical (unpaired) electrons. The van der Waals surface area contributed by atoms with Crippen LogP contribution in [0.5, 0.6) is 0 Å². The highest BCUT2D eigenvalue weighted by Gasteiger charge is 1.79. The van der Waals surface area contributed by atoms with Gasteiger partial charge in [-0.1, -0.05) is 0 Å². The molecule has 0 atom stereocenters. The highest BCUT2D eigenvalue weighted by Crippen LogP contribution is 1.91. The summed E-state index contributed by atoms with van der Waals surface area (Å²) >= 11 is 1.37. The number of carbonyl (C=O) groups is 1. The van der Waals surface area contributed by atoms with Gasteiger partial charge in [-0.05, 0) is 11.7 Å². The number of carboxylic acids is 1. The fourth-order valence-corrected chi connectivity index (χ4v) is 0.379. The molecule has 0 aromatic heterocycles. The number of rotatable bonds is 2. The van der Waals surface area contributed by atoms with Gasteiger partial charge in [0.15, 0.2) is 0 Å². The molecule has 0 saturated carbocycles. The van der Waals surface area contributed by atoms with Crippen LogP contribution in [0.25, 0.3) is 0 Å². The minimum Gasteiger partial charge on any atom is -0.478 e. The molecule has 0 heterocycles. The second-order valence-corrected chi connectivity index (χ2v) is 1.62. The predicted octanol–water partition coefficient (Wildman–Crippen LogP) is 0.948. The van der Waals surface area contributed by atoms with Crippen molar-refractivity contribution in [1.82, 2.24) is 0 Å². The summed E-state index contributed by atoms with van der Waals surface area (Å²) in [4.78, 5) is 9.66. The maximum absolute atomic E-state index is 9.66. The van der Waals surface area contributed by atoms with Gasteiger partial charge in [0.2, 0.25) is 0 Å². The van der Waals surface area contributed by atoms with Gasteiger partial charge in [-0.3, -0.25) is 0 Å². The Morgan fingerprint density at radius 3 is 2.57 bits per heavy atom. The van der Waals surface area contributed by atoms with Crippen molar-refractivity contribution < 1.29 is 9.90 Å². The van der Waals surface area contributed by atoms with E-state index in [1.807, 2.05) is 0 Å².